The number of rotatable bonds is 7. The number of nitrogens with zero attached hydrogens (tertiary/aromatic N) is 5. The SMILES string of the molecule is CCCc1nc(CN(C)C[C@@H]2CCN(C)[C@H]2c2cccnc2)no1. The topological polar surface area (TPSA) is 58.3 Å². The fourth-order valence-electron chi connectivity index (χ4n) is 3.67. The van der Waals surface area contributed by atoms with Crippen molar-refractivity contribution >= 4 is 0 Å². The Morgan fingerprint density at radius 2 is 2.29 bits per heavy atom. The van der Waals surface area contributed by atoms with Gasteiger partial charge in [-0.05, 0) is 51.0 Å². The maximum atomic E-state index is 5.28. The van der Waals surface area contributed by atoms with Gasteiger partial charge in [0.1, 0.15) is 0 Å². The zero-order valence-corrected chi connectivity index (χ0v) is 14.9. The fourth-order valence-corrected chi connectivity index (χ4v) is 3.67. The summed E-state index contributed by atoms with van der Waals surface area (Å²) in [7, 11) is 4.34. The van der Waals surface area contributed by atoms with Crippen LogP contribution in [0.5, 0.6) is 0 Å². The highest BCUT2D eigenvalue weighted by atomic mass is 16.5. The molecule has 3 heterocycles. The predicted octanol–water partition coefficient (Wildman–Crippen LogP) is 2.54. The molecule has 0 saturated carbocycles. The number of pyridine rings is 1. The van der Waals surface area contributed by atoms with Gasteiger partial charge in [-0.1, -0.05) is 18.1 Å². The van der Waals surface area contributed by atoms with Gasteiger partial charge in [0.15, 0.2) is 5.82 Å². The molecular weight excluding hydrogens is 302 g/mol. The summed E-state index contributed by atoms with van der Waals surface area (Å²) < 4.78 is 5.28. The third kappa shape index (κ3) is 3.99. The van der Waals surface area contributed by atoms with Gasteiger partial charge in [-0.3, -0.25) is 14.8 Å². The van der Waals surface area contributed by atoms with Crippen LogP contribution in [0.1, 0.15) is 43.1 Å². The Morgan fingerprint density at radius 3 is 3.04 bits per heavy atom. The van der Waals surface area contributed by atoms with Crippen LogP contribution in [0.3, 0.4) is 0 Å². The van der Waals surface area contributed by atoms with Gasteiger partial charge in [0.25, 0.3) is 0 Å². The van der Waals surface area contributed by atoms with Crippen molar-refractivity contribution in [2.24, 2.45) is 5.92 Å². The molecule has 1 fully saturated rings. The highest BCUT2D eigenvalue weighted by molar-refractivity contribution is 5.17. The van der Waals surface area contributed by atoms with Crippen LogP contribution >= 0.6 is 0 Å². The van der Waals surface area contributed by atoms with Crippen molar-refractivity contribution in [1.82, 2.24) is 24.9 Å². The van der Waals surface area contributed by atoms with Gasteiger partial charge in [0.2, 0.25) is 5.89 Å². The minimum Gasteiger partial charge on any atom is -0.339 e. The summed E-state index contributed by atoms with van der Waals surface area (Å²) in [6.45, 7) is 4.99. The van der Waals surface area contributed by atoms with E-state index in [1.165, 1.54) is 12.0 Å². The van der Waals surface area contributed by atoms with Crippen molar-refractivity contribution in [3.8, 4) is 0 Å². The van der Waals surface area contributed by atoms with Gasteiger partial charge >= 0.3 is 0 Å². The molecule has 0 spiro atoms. The number of hydrogen-bond donors (Lipinski definition) is 0. The van der Waals surface area contributed by atoms with E-state index >= 15 is 0 Å². The average Bonchev–Trinajstić information content (AvgIpc) is 3.15. The van der Waals surface area contributed by atoms with Crippen LogP contribution in [-0.2, 0) is 13.0 Å². The number of likely N-dealkylation sites (tertiary alicyclic amines) is 1. The maximum absolute atomic E-state index is 5.28. The van der Waals surface area contributed by atoms with Crippen LogP contribution in [0.25, 0.3) is 0 Å². The Hall–Kier alpha value is -1.79. The van der Waals surface area contributed by atoms with E-state index in [1.807, 2.05) is 18.5 Å². The van der Waals surface area contributed by atoms with Crippen LogP contribution in [0, 0.1) is 5.92 Å². The minimum absolute atomic E-state index is 0.432. The van der Waals surface area contributed by atoms with Crippen LogP contribution in [-0.4, -0.2) is 52.1 Å². The molecule has 1 saturated heterocycles. The Balaban J connectivity index is 1.61. The first-order chi connectivity index (χ1) is 11.7. The van der Waals surface area contributed by atoms with Crippen molar-refractivity contribution in [2.75, 3.05) is 27.2 Å². The molecule has 0 N–H and O–H groups in total. The van der Waals surface area contributed by atoms with E-state index in [1.54, 1.807) is 0 Å². The van der Waals surface area contributed by atoms with E-state index in [9.17, 15) is 0 Å². The van der Waals surface area contributed by atoms with Gasteiger partial charge in [-0.25, -0.2) is 0 Å². The third-order valence-electron chi connectivity index (χ3n) is 4.73. The van der Waals surface area contributed by atoms with E-state index in [0.717, 1.165) is 44.2 Å². The highest BCUT2D eigenvalue weighted by Gasteiger charge is 2.33. The molecule has 2 atom stereocenters. The Bertz CT molecular complexity index is 629. The minimum atomic E-state index is 0.432. The molecule has 0 aliphatic carbocycles. The van der Waals surface area contributed by atoms with Crippen molar-refractivity contribution < 1.29 is 4.52 Å². The summed E-state index contributed by atoms with van der Waals surface area (Å²) in [6.07, 6.45) is 6.92. The lowest BCUT2D eigenvalue weighted by atomic mass is 9.94. The molecule has 1 aliphatic heterocycles. The van der Waals surface area contributed by atoms with Gasteiger partial charge < -0.3 is 4.52 Å². The molecule has 1 aliphatic rings. The predicted molar refractivity (Wildman–Crippen MR) is 92.3 cm³/mol. The Morgan fingerprint density at radius 1 is 1.42 bits per heavy atom. The van der Waals surface area contributed by atoms with E-state index in [4.69, 9.17) is 4.52 Å². The van der Waals surface area contributed by atoms with Crippen molar-refractivity contribution in [3.63, 3.8) is 0 Å². The molecule has 0 unspecified atom stereocenters. The molecule has 2 aromatic rings. The van der Waals surface area contributed by atoms with Crippen LogP contribution in [0.15, 0.2) is 29.0 Å². The van der Waals surface area contributed by atoms with E-state index in [2.05, 4.69) is 52.0 Å². The van der Waals surface area contributed by atoms with Gasteiger partial charge in [0, 0.05) is 31.4 Å². The molecule has 2 aromatic heterocycles. The normalized spacial score (nSPS) is 21.7. The summed E-state index contributed by atoms with van der Waals surface area (Å²) in [5.74, 6) is 2.12. The molecule has 6 nitrogen and oxygen atoms in total. The number of aryl methyl sites for hydroxylation is 1. The molecule has 3 rings (SSSR count). The summed E-state index contributed by atoms with van der Waals surface area (Å²) in [6, 6.07) is 4.64. The van der Waals surface area contributed by atoms with E-state index < -0.39 is 0 Å². The zero-order chi connectivity index (χ0) is 16.9. The molecule has 130 valence electrons. The number of aromatic nitrogens is 3. The zero-order valence-electron chi connectivity index (χ0n) is 14.9. The van der Waals surface area contributed by atoms with Gasteiger partial charge in [-0.15, -0.1) is 0 Å². The van der Waals surface area contributed by atoms with Crippen LogP contribution < -0.4 is 0 Å². The molecule has 24 heavy (non-hydrogen) atoms. The third-order valence-corrected chi connectivity index (χ3v) is 4.73. The van der Waals surface area contributed by atoms with Crippen LogP contribution in [0.4, 0.5) is 0 Å². The maximum Gasteiger partial charge on any atom is 0.226 e. The Labute approximate surface area is 143 Å². The lowest BCUT2D eigenvalue weighted by Crippen LogP contribution is -2.30. The summed E-state index contributed by atoms with van der Waals surface area (Å²) in [5, 5.41) is 4.09. The molecule has 6 heteroatoms. The first kappa shape index (κ1) is 17.0. The average molecular weight is 329 g/mol. The van der Waals surface area contributed by atoms with Gasteiger partial charge in [-0.2, -0.15) is 4.98 Å². The molecule has 0 amide bonds. The second-order valence-corrected chi connectivity index (χ2v) is 6.81. The smallest absolute Gasteiger partial charge is 0.226 e. The van der Waals surface area contributed by atoms with Crippen molar-refractivity contribution in [1.29, 1.82) is 0 Å². The Kier molecular flexibility index (Phi) is 5.58. The van der Waals surface area contributed by atoms with Crippen molar-refractivity contribution in [2.45, 2.75) is 38.8 Å². The summed E-state index contributed by atoms with van der Waals surface area (Å²) in [4.78, 5) is 13.5. The second kappa shape index (κ2) is 7.85. The van der Waals surface area contributed by atoms with E-state index in [0.29, 0.717) is 12.0 Å². The molecule has 0 aromatic carbocycles. The lowest BCUT2D eigenvalue weighted by molar-refractivity contribution is 0.209. The van der Waals surface area contributed by atoms with Crippen molar-refractivity contribution in [3.05, 3.63) is 41.8 Å². The number of hydrogen-bond acceptors (Lipinski definition) is 6. The first-order valence-electron chi connectivity index (χ1n) is 8.77. The molecular formula is C18H27N5O. The van der Waals surface area contributed by atoms with Gasteiger partial charge in [0.05, 0.1) is 6.54 Å². The second-order valence-electron chi connectivity index (χ2n) is 6.81. The quantitative estimate of drug-likeness (QED) is 0.778. The van der Waals surface area contributed by atoms with Crippen LogP contribution in [0.2, 0.25) is 0 Å². The summed E-state index contributed by atoms with van der Waals surface area (Å²) in [5.41, 5.74) is 1.31. The highest BCUT2D eigenvalue weighted by Crippen LogP contribution is 2.36. The largest absolute Gasteiger partial charge is 0.339 e. The molecule has 0 radical (unpaired) electrons. The molecule has 0 bridgehead atoms. The fraction of sp³-hybridized carbons (Fsp3) is 0.611. The first-order valence-corrected chi connectivity index (χ1v) is 8.77. The summed E-state index contributed by atoms with van der Waals surface area (Å²) >= 11 is 0. The monoisotopic (exact) mass is 329 g/mol. The van der Waals surface area contributed by atoms with E-state index in [-0.39, 0.29) is 0 Å². The standard InChI is InChI=1S/C18H27N5O/c1-4-6-17-20-16(21-24-17)13-22(2)12-15-8-10-23(3)18(15)14-7-5-9-19-11-14/h5,7,9,11,15,18H,4,6,8,10,12-13H2,1-3H3/t15-,18-/m0/s1. The lowest BCUT2D eigenvalue weighted by Gasteiger charge is -2.28.